The number of aromatic nitrogens is 4. The first-order valence-corrected chi connectivity index (χ1v) is 10.3. The second-order valence-electron chi connectivity index (χ2n) is 7.76. The summed E-state index contributed by atoms with van der Waals surface area (Å²) in [6.45, 7) is 10.1. The van der Waals surface area contributed by atoms with Gasteiger partial charge >= 0.3 is 0 Å². The fourth-order valence-corrected chi connectivity index (χ4v) is 3.26. The lowest BCUT2D eigenvalue weighted by Crippen LogP contribution is -2.15. The molecule has 0 bridgehead atoms. The Balaban J connectivity index is 1.83. The van der Waals surface area contributed by atoms with Crippen LogP contribution in [-0.4, -0.2) is 26.1 Å². The summed E-state index contributed by atoms with van der Waals surface area (Å²) in [6.07, 6.45) is 0.454. The number of aryl methyl sites for hydroxylation is 1. The maximum atomic E-state index is 11.5. The number of rotatable bonds is 6. The molecule has 0 saturated carbocycles. The summed E-state index contributed by atoms with van der Waals surface area (Å²) in [4.78, 5) is 21.9. The zero-order valence-corrected chi connectivity index (χ0v) is 18.1. The third-order valence-corrected chi connectivity index (χ3v) is 4.98. The summed E-state index contributed by atoms with van der Waals surface area (Å²) in [5.74, 6) is 1.41. The molecule has 0 spiro atoms. The van der Waals surface area contributed by atoms with Gasteiger partial charge in [0.25, 0.3) is 0 Å². The highest BCUT2D eigenvalue weighted by molar-refractivity contribution is 7.99. The Labute approximate surface area is 175 Å². The average molecular weight is 411 g/mol. The monoisotopic (exact) mass is 410 g/mol. The predicted octanol–water partition coefficient (Wildman–Crippen LogP) is 5.05. The number of hydrogen-bond donors (Lipinski definition) is 3. The van der Waals surface area contributed by atoms with Crippen LogP contribution in [0.25, 0.3) is 0 Å². The zero-order chi connectivity index (χ0) is 21.0. The molecule has 0 radical (unpaired) electrons. The van der Waals surface area contributed by atoms with E-state index in [1.165, 1.54) is 11.8 Å². The highest BCUT2D eigenvalue weighted by Gasteiger charge is 2.19. The lowest BCUT2D eigenvalue weighted by atomic mass is 9.92. The number of nitrogens with one attached hydrogen (secondary N) is 3. The lowest BCUT2D eigenvalue weighted by molar-refractivity contribution is -0.115. The number of carbonyl (C=O) groups is 1. The summed E-state index contributed by atoms with van der Waals surface area (Å²) in [5, 5.41) is 13.9. The Morgan fingerprint density at radius 3 is 2.41 bits per heavy atom. The van der Waals surface area contributed by atoms with E-state index in [9.17, 15) is 4.79 Å². The van der Waals surface area contributed by atoms with Crippen molar-refractivity contribution >= 4 is 35.0 Å². The largest absolute Gasteiger partial charge is 0.326 e. The van der Waals surface area contributed by atoms with Crippen molar-refractivity contribution in [1.82, 2.24) is 20.2 Å². The molecule has 0 aliphatic heterocycles. The topological polar surface area (TPSA) is 95.6 Å². The second kappa shape index (κ2) is 8.65. The van der Waals surface area contributed by atoms with Crippen LogP contribution in [0, 0.1) is 6.92 Å². The van der Waals surface area contributed by atoms with Crippen LogP contribution in [0.3, 0.4) is 0 Å². The van der Waals surface area contributed by atoms with Crippen LogP contribution >= 0.6 is 11.8 Å². The fourth-order valence-electron chi connectivity index (χ4n) is 2.49. The molecule has 152 valence electrons. The molecule has 1 amide bonds. The molecule has 8 heteroatoms. The first-order valence-electron chi connectivity index (χ1n) is 9.49. The van der Waals surface area contributed by atoms with Gasteiger partial charge in [0.2, 0.25) is 5.91 Å². The van der Waals surface area contributed by atoms with E-state index in [1.807, 2.05) is 50.2 Å². The number of hydrogen-bond acceptors (Lipinski definition) is 6. The molecule has 3 aromatic rings. The predicted molar refractivity (Wildman–Crippen MR) is 117 cm³/mol. The molecule has 1 aromatic carbocycles. The number of carbonyl (C=O) groups excluding carboxylic acids is 1. The van der Waals surface area contributed by atoms with Crippen molar-refractivity contribution in [3.63, 3.8) is 0 Å². The summed E-state index contributed by atoms with van der Waals surface area (Å²) >= 11 is 1.48. The van der Waals surface area contributed by atoms with Crippen LogP contribution in [0.2, 0.25) is 0 Å². The molecule has 0 atom stereocenters. The van der Waals surface area contributed by atoms with E-state index in [0.29, 0.717) is 23.2 Å². The number of anilines is 3. The Bertz CT molecular complexity index is 991. The van der Waals surface area contributed by atoms with Gasteiger partial charge in [0.05, 0.1) is 5.69 Å². The van der Waals surface area contributed by atoms with Gasteiger partial charge in [0.1, 0.15) is 5.82 Å². The molecule has 0 saturated heterocycles. The highest BCUT2D eigenvalue weighted by Crippen LogP contribution is 2.30. The van der Waals surface area contributed by atoms with E-state index in [0.717, 1.165) is 22.0 Å². The van der Waals surface area contributed by atoms with Gasteiger partial charge < -0.3 is 10.6 Å². The van der Waals surface area contributed by atoms with Gasteiger partial charge in [0.15, 0.2) is 11.0 Å². The second-order valence-corrected chi connectivity index (χ2v) is 8.80. The number of aromatic amines is 1. The van der Waals surface area contributed by atoms with Crippen molar-refractivity contribution in [1.29, 1.82) is 0 Å². The van der Waals surface area contributed by atoms with Crippen LogP contribution in [0.4, 0.5) is 17.3 Å². The normalized spacial score (nSPS) is 11.3. The van der Waals surface area contributed by atoms with Gasteiger partial charge in [-0.2, -0.15) is 5.10 Å². The van der Waals surface area contributed by atoms with E-state index in [4.69, 9.17) is 4.98 Å². The van der Waals surface area contributed by atoms with Gasteiger partial charge in [0, 0.05) is 40.2 Å². The molecule has 2 heterocycles. The van der Waals surface area contributed by atoms with Crippen molar-refractivity contribution in [3.8, 4) is 0 Å². The van der Waals surface area contributed by atoms with Crippen molar-refractivity contribution < 1.29 is 4.79 Å². The molecule has 2 aromatic heterocycles. The summed E-state index contributed by atoms with van der Waals surface area (Å²) in [7, 11) is 0. The molecule has 29 heavy (non-hydrogen) atoms. The van der Waals surface area contributed by atoms with Crippen LogP contribution in [0.5, 0.6) is 0 Å². The van der Waals surface area contributed by atoms with E-state index in [1.54, 1.807) is 0 Å². The SMILES string of the molecule is CCC(=O)Nc1ccc(Sc2nc(Nc3cc(C)[nH]n3)cc(C(C)(C)C)n2)cc1. The molecule has 7 nitrogen and oxygen atoms in total. The minimum absolute atomic E-state index is 0.00376. The number of benzene rings is 1. The summed E-state index contributed by atoms with van der Waals surface area (Å²) in [6, 6.07) is 11.6. The first-order chi connectivity index (χ1) is 13.7. The van der Waals surface area contributed by atoms with Gasteiger partial charge in [-0.15, -0.1) is 0 Å². The summed E-state index contributed by atoms with van der Waals surface area (Å²) < 4.78 is 0. The quantitative estimate of drug-likeness (QED) is 0.492. The molecule has 0 aliphatic carbocycles. The third kappa shape index (κ3) is 5.80. The zero-order valence-electron chi connectivity index (χ0n) is 17.3. The molecule has 3 N–H and O–H groups in total. The Hall–Kier alpha value is -2.87. The molecule has 0 unspecified atom stereocenters. The van der Waals surface area contributed by atoms with Gasteiger partial charge in [-0.25, -0.2) is 9.97 Å². The number of nitrogens with zero attached hydrogens (tertiary/aromatic N) is 3. The van der Waals surface area contributed by atoms with Crippen LogP contribution in [0.1, 0.15) is 45.5 Å². The molecular formula is C21H26N6OS. The van der Waals surface area contributed by atoms with E-state index in [-0.39, 0.29) is 11.3 Å². The first kappa shape index (κ1) is 20.9. The highest BCUT2D eigenvalue weighted by atomic mass is 32.2. The minimum atomic E-state index is -0.121. The van der Waals surface area contributed by atoms with E-state index >= 15 is 0 Å². The standard InChI is InChI=1S/C21H26N6OS/c1-6-19(28)22-14-7-9-15(10-8-14)29-20-23-16(21(3,4)5)12-17(25-20)24-18-11-13(2)26-27-18/h7-12H,6H2,1-5H3,(H,22,28)(H2,23,24,25,26,27). The Morgan fingerprint density at radius 2 is 1.83 bits per heavy atom. The molecule has 0 fully saturated rings. The van der Waals surface area contributed by atoms with E-state index < -0.39 is 0 Å². The smallest absolute Gasteiger partial charge is 0.224 e. The van der Waals surface area contributed by atoms with Crippen molar-refractivity contribution in [3.05, 3.63) is 47.8 Å². The van der Waals surface area contributed by atoms with Crippen molar-refractivity contribution in [2.45, 2.75) is 56.5 Å². The fraction of sp³-hybridized carbons (Fsp3) is 0.333. The Morgan fingerprint density at radius 1 is 1.10 bits per heavy atom. The van der Waals surface area contributed by atoms with Crippen LogP contribution in [0.15, 0.2) is 46.5 Å². The van der Waals surface area contributed by atoms with Gasteiger partial charge in [-0.05, 0) is 43.0 Å². The van der Waals surface area contributed by atoms with E-state index in [2.05, 4.69) is 46.6 Å². The maximum Gasteiger partial charge on any atom is 0.224 e. The lowest BCUT2D eigenvalue weighted by Gasteiger charge is -2.19. The molecule has 3 rings (SSSR count). The van der Waals surface area contributed by atoms with Crippen LogP contribution < -0.4 is 10.6 Å². The maximum absolute atomic E-state index is 11.5. The molecular weight excluding hydrogens is 384 g/mol. The van der Waals surface area contributed by atoms with Gasteiger partial charge in [-0.3, -0.25) is 9.89 Å². The third-order valence-electron chi connectivity index (χ3n) is 4.10. The average Bonchev–Trinajstić information content (AvgIpc) is 3.07. The Kier molecular flexibility index (Phi) is 6.22. The minimum Gasteiger partial charge on any atom is -0.326 e. The summed E-state index contributed by atoms with van der Waals surface area (Å²) in [5.41, 5.74) is 2.57. The van der Waals surface area contributed by atoms with Crippen molar-refractivity contribution in [2.75, 3.05) is 10.6 Å². The number of H-pyrrole nitrogens is 1. The van der Waals surface area contributed by atoms with Gasteiger partial charge in [-0.1, -0.05) is 27.7 Å². The van der Waals surface area contributed by atoms with Crippen molar-refractivity contribution in [2.24, 2.45) is 0 Å². The molecule has 0 aliphatic rings. The van der Waals surface area contributed by atoms with Crippen LogP contribution in [-0.2, 0) is 10.2 Å². The number of amides is 1.